The molecular formula is C26H27N5O2S. The van der Waals surface area contributed by atoms with Crippen LogP contribution in [0.2, 0.25) is 0 Å². The molecule has 0 aliphatic carbocycles. The molecule has 7 nitrogen and oxygen atoms in total. The Morgan fingerprint density at radius 1 is 1.03 bits per heavy atom. The fourth-order valence-corrected chi connectivity index (χ4v) is 4.84. The zero-order valence-corrected chi connectivity index (χ0v) is 19.9. The monoisotopic (exact) mass is 473 g/mol. The van der Waals surface area contributed by atoms with Crippen molar-refractivity contribution < 1.29 is 9.53 Å². The Morgan fingerprint density at radius 3 is 2.62 bits per heavy atom. The number of amides is 1. The molecule has 0 radical (unpaired) electrons. The molecule has 0 spiro atoms. The number of ether oxygens (including phenoxy) is 1. The van der Waals surface area contributed by atoms with Crippen molar-refractivity contribution in [1.29, 1.82) is 0 Å². The number of thiazole rings is 1. The summed E-state index contributed by atoms with van der Waals surface area (Å²) in [5.74, 6) is 1.43. The lowest BCUT2D eigenvalue weighted by Crippen LogP contribution is -2.50. The second-order valence-corrected chi connectivity index (χ2v) is 9.32. The van der Waals surface area contributed by atoms with E-state index < -0.39 is 0 Å². The zero-order chi connectivity index (χ0) is 23.3. The largest absolute Gasteiger partial charge is 0.439 e. The Labute approximate surface area is 203 Å². The van der Waals surface area contributed by atoms with Crippen LogP contribution < -0.4 is 9.64 Å². The number of carbonyl (C=O) groups excluding carboxylic acids is 1. The Morgan fingerprint density at radius 2 is 1.85 bits per heavy atom. The van der Waals surface area contributed by atoms with E-state index in [1.165, 1.54) is 10.3 Å². The van der Waals surface area contributed by atoms with E-state index in [0.717, 1.165) is 43.9 Å². The third kappa shape index (κ3) is 5.35. The molecule has 1 amide bonds. The maximum absolute atomic E-state index is 12.9. The number of hydrogen-bond donors (Lipinski definition) is 0. The third-order valence-corrected chi connectivity index (χ3v) is 6.83. The molecule has 3 heterocycles. The SMILES string of the molecule is CN(CC(=O)N1CCN(Cc2ccc3ncsc3c2)CC1)c1ccc(Oc2ccccn2)cc1. The number of carbonyl (C=O) groups is 1. The van der Waals surface area contributed by atoms with E-state index in [1.807, 2.05) is 64.8 Å². The molecule has 2 aromatic heterocycles. The van der Waals surface area contributed by atoms with Gasteiger partial charge in [0.05, 0.1) is 22.3 Å². The topological polar surface area (TPSA) is 61.8 Å². The number of aromatic nitrogens is 2. The van der Waals surface area contributed by atoms with Crippen LogP contribution in [0.5, 0.6) is 11.6 Å². The molecule has 0 saturated carbocycles. The molecule has 174 valence electrons. The van der Waals surface area contributed by atoms with E-state index in [9.17, 15) is 4.79 Å². The molecule has 1 saturated heterocycles. The normalized spacial score (nSPS) is 14.3. The number of piperazine rings is 1. The van der Waals surface area contributed by atoms with Crippen LogP contribution >= 0.6 is 11.3 Å². The van der Waals surface area contributed by atoms with Crippen molar-refractivity contribution in [3.05, 3.63) is 77.9 Å². The van der Waals surface area contributed by atoms with Crippen LogP contribution in [0.4, 0.5) is 5.69 Å². The second-order valence-electron chi connectivity index (χ2n) is 8.43. The molecular weight excluding hydrogens is 446 g/mol. The highest BCUT2D eigenvalue weighted by atomic mass is 32.1. The molecule has 2 aromatic carbocycles. The molecule has 4 aromatic rings. The Bertz CT molecular complexity index is 1240. The summed E-state index contributed by atoms with van der Waals surface area (Å²) < 4.78 is 6.97. The van der Waals surface area contributed by atoms with Gasteiger partial charge in [-0.15, -0.1) is 11.3 Å². The summed E-state index contributed by atoms with van der Waals surface area (Å²) in [6.45, 7) is 4.54. The summed E-state index contributed by atoms with van der Waals surface area (Å²) in [6, 6.07) is 19.7. The van der Waals surface area contributed by atoms with Crippen LogP contribution in [0.3, 0.4) is 0 Å². The van der Waals surface area contributed by atoms with Gasteiger partial charge in [-0.2, -0.15) is 0 Å². The molecule has 0 bridgehead atoms. The van der Waals surface area contributed by atoms with Gasteiger partial charge in [0.15, 0.2) is 0 Å². The van der Waals surface area contributed by atoms with Crippen molar-refractivity contribution in [1.82, 2.24) is 19.8 Å². The molecule has 8 heteroatoms. The van der Waals surface area contributed by atoms with Crippen LogP contribution in [0.15, 0.2) is 72.4 Å². The van der Waals surface area contributed by atoms with Crippen LogP contribution in [-0.4, -0.2) is 65.4 Å². The third-order valence-electron chi connectivity index (χ3n) is 6.04. The van der Waals surface area contributed by atoms with Gasteiger partial charge in [-0.05, 0) is 48.0 Å². The van der Waals surface area contributed by atoms with Gasteiger partial charge in [0, 0.05) is 57.7 Å². The second kappa shape index (κ2) is 10.2. The number of nitrogens with zero attached hydrogens (tertiary/aromatic N) is 5. The van der Waals surface area contributed by atoms with E-state index in [2.05, 4.69) is 33.1 Å². The van der Waals surface area contributed by atoms with E-state index in [-0.39, 0.29) is 5.91 Å². The quantitative estimate of drug-likeness (QED) is 0.400. The number of anilines is 1. The van der Waals surface area contributed by atoms with Crippen LogP contribution in [0, 0.1) is 0 Å². The van der Waals surface area contributed by atoms with Crippen molar-refractivity contribution in [2.24, 2.45) is 0 Å². The summed E-state index contributed by atoms with van der Waals surface area (Å²) in [5.41, 5.74) is 5.22. The van der Waals surface area contributed by atoms with Crippen molar-refractivity contribution >= 4 is 33.1 Å². The maximum Gasteiger partial charge on any atom is 0.242 e. The van der Waals surface area contributed by atoms with E-state index >= 15 is 0 Å². The average molecular weight is 474 g/mol. The number of fused-ring (bicyclic) bond motifs is 1. The lowest BCUT2D eigenvalue weighted by Gasteiger charge is -2.35. The molecule has 1 aliphatic rings. The van der Waals surface area contributed by atoms with Crippen molar-refractivity contribution in [3.63, 3.8) is 0 Å². The van der Waals surface area contributed by atoms with Gasteiger partial charge in [-0.1, -0.05) is 12.1 Å². The van der Waals surface area contributed by atoms with Crippen molar-refractivity contribution in [2.75, 3.05) is 44.7 Å². The van der Waals surface area contributed by atoms with Crippen molar-refractivity contribution in [2.45, 2.75) is 6.54 Å². The first-order chi connectivity index (χ1) is 16.6. The van der Waals surface area contributed by atoms with E-state index in [0.29, 0.717) is 18.2 Å². The van der Waals surface area contributed by atoms with E-state index in [4.69, 9.17) is 4.74 Å². The first-order valence-electron chi connectivity index (χ1n) is 11.4. The summed E-state index contributed by atoms with van der Waals surface area (Å²) in [6.07, 6.45) is 1.70. The van der Waals surface area contributed by atoms with E-state index in [1.54, 1.807) is 17.5 Å². The summed E-state index contributed by atoms with van der Waals surface area (Å²) in [5, 5.41) is 0. The molecule has 34 heavy (non-hydrogen) atoms. The van der Waals surface area contributed by atoms with Gasteiger partial charge in [-0.25, -0.2) is 9.97 Å². The predicted octanol–water partition coefficient (Wildman–Crippen LogP) is 4.26. The lowest BCUT2D eigenvalue weighted by molar-refractivity contribution is -0.131. The number of rotatable bonds is 7. The minimum Gasteiger partial charge on any atom is -0.439 e. The standard InChI is InChI=1S/C26H27N5O2S/c1-29(21-6-8-22(9-7-21)33-25-4-2-3-11-27-25)18-26(32)31-14-12-30(13-15-31)17-20-5-10-23-24(16-20)34-19-28-23/h2-11,16,19H,12-15,17-18H2,1H3. The molecule has 5 rings (SSSR count). The number of hydrogen-bond acceptors (Lipinski definition) is 7. The minimum atomic E-state index is 0.155. The Balaban J connectivity index is 1.10. The van der Waals surface area contributed by atoms with Gasteiger partial charge < -0.3 is 14.5 Å². The Hall–Kier alpha value is -3.49. The van der Waals surface area contributed by atoms with Gasteiger partial charge in [0.25, 0.3) is 0 Å². The molecule has 0 atom stereocenters. The average Bonchev–Trinajstić information content (AvgIpc) is 3.33. The highest BCUT2D eigenvalue weighted by Gasteiger charge is 2.22. The minimum absolute atomic E-state index is 0.155. The van der Waals surface area contributed by atoms with Crippen LogP contribution in [0.25, 0.3) is 10.2 Å². The Kier molecular flexibility index (Phi) is 6.69. The van der Waals surface area contributed by atoms with Gasteiger partial charge >= 0.3 is 0 Å². The first kappa shape index (κ1) is 22.3. The first-order valence-corrected chi connectivity index (χ1v) is 12.2. The fourth-order valence-electron chi connectivity index (χ4n) is 4.10. The fraction of sp³-hybridized carbons (Fsp3) is 0.269. The maximum atomic E-state index is 12.9. The smallest absolute Gasteiger partial charge is 0.242 e. The van der Waals surface area contributed by atoms with Crippen molar-refractivity contribution in [3.8, 4) is 11.6 Å². The summed E-state index contributed by atoms with van der Waals surface area (Å²) >= 11 is 1.68. The summed E-state index contributed by atoms with van der Waals surface area (Å²) in [7, 11) is 1.94. The van der Waals surface area contributed by atoms with Gasteiger partial charge in [0.1, 0.15) is 5.75 Å². The molecule has 0 N–H and O–H groups in total. The van der Waals surface area contributed by atoms with Crippen LogP contribution in [0.1, 0.15) is 5.56 Å². The highest BCUT2D eigenvalue weighted by molar-refractivity contribution is 7.16. The van der Waals surface area contributed by atoms with Crippen LogP contribution in [-0.2, 0) is 11.3 Å². The zero-order valence-electron chi connectivity index (χ0n) is 19.1. The molecule has 0 unspecified atom stereocenters. The summed E-state index contributed by atoms with van der Waals surface area (Å²) in [4.78, 5) is 27.8. The molecule has 1 aliphatic heterocycles. The number of likely N-dealkylation sites (N-methyl/N-ethyl adjacent to an activating group) is 1. The van der Waals surface area contributed by atoms with Gasteiger partial charge in [-0.3, -0.25) is 9.69 Å². The van der Waals surface area contributed by atoms with Gasteiger partial charge in [0.2, 0.25) is 11.8 Å². The molecule has 1 fully saturated rings. The number of benzene rings is 2. The predicted molar refractivity (Wildman–Crippen MR) is 135 cm³/mol. The lowest BCUT2D eigenvalue weighted by atomic mass is 10.2. The number of pyridine rings is 1. The highest BCUT2D eigenvalue weighted by Crippen LogP contribution is 2.23.